The van der Waals surface area contributed by atoms with E-state index in [9.17, 15) is 13.0 Å². The summed E-state index contributed by atoms with van der Waals surface area (Å²) < 4.78 is 32.9. The Morgan fingerprint density at radius 2 is 1.43 bits per heavy atom. The highest BCUT2D eigenvalue weighted by Gasteiger charge is 2.24. The van der Waals surface area contributed by atoms with Crippen LogP contribution in [0.25, 0.3) is 32.3 Å². The second-order valence-electron chi connectivity index (χ2n) is 5.68. The van der Waals surface area contributed by atoms with Crippen LogP contribution in [0, 0.1) is 0 Å². The fourth-order valence-electron chi connectivity index (χ4n) is 3.41. The van der Waals surface area contributed by atoms with Crippen molar-refractivity contribution in [1.82, 2.24) is 0 Å². The van der Waals surface area contributed by atoms with E-state index in [-0.39, 0.29) is 0 Å². The molecular weight excluding hydrogens is 308 g/mol. The molecule has 4 aromatic rings. The van der Waals surface area contributed by atoms with Crippen molar-refractivity contribution in [2.75, 3.05) is 0 Å². The van der Waals surface area contributed by atoms with E-state index in [0.29, 0.717) is 5.56 Å². The van der Waals surface area contributed by atoms with E-state index in [0.717, 1.165) is 32.3 Å². The third kappa shape index (κ3) is 2.03. The molecular formula is C19H14O3S. The van der Waals surface area contributed by atoms with Crippen molar-refractivity contribution >= 4 is 42.4 Å². The van der Waals surface area contributed by atoms with Crippen LogP contribution < -0.4 is 0 Å². The van der Waals surface area contributed by atoms with Crippen LogP contribution in [-0.2, 0) is 10.1 Å². The second kappa shape index (κ2) is 4.78. The molecule has 0 fully saturated rings. The molecule has 3 nitrogen and oxygen atoms in total. The topological polar surface area (TPSA) is 54.4 Å². The fraction of sp³-hybridized carbons (Fsp3) is 0.0526. The fourth-order valence-corrected chi connectivity index (χ4v) is 4.18. The van der Waals surface area contributed by atoms with Gasteiger partial charge in [-0.1, -0.05) is 60.7 Å². The van der Waals surface area contributed by atoms with Gasteiger partial charge in [0.2, 0.25) is 0 Å². The summed E-state index contributed by atoms with van der Waals surface area (Å²) in [5.41, 5.74) is 0.549. The van der Waals surface area contributed by atoms with Crippen molar-refractivity contribution < 1.29 is 13.0 Å². The molecule has 0 aliphatic rings. The molecule has 0 bridgehead atoms. The van der Waals surface area contributed by atoms with Crippen LogP contribution in [0.2, 0.25) is 0 Å². The normalized spacial score (nSPS) is 13.8. The molecule has 4 heteroatoms. The van der Waals surface area contributed by atoms with Gasteiger partial charge in [-0.15, -0.1) is 6.58 Å². The first-order valence-corrected chi connectivity index (χ1v) is 8.76. The van der Waals surface area contributed by atoms with Gasteiger partial charge >= 0.3 is 0 Å². The van der Waals surface area contributed by atoms with Crippen molar-refractivity contribution in [2.24, 2.45) is 0 Å². The van der Waals surface area contributed by atoms with E-state index in [1.807, 2.05) is 42.5 Å². The minimum atomic E-state index is -4.25. The molecule has 1 N–H and O–H groups in total. The summed E-state index contributed by atoms with van der Waals surface area (Å²) in [5, 5.41) is 5.10. The largest absolute Gasteiger partial charge is 0.285 e. The molecule has 4 aromatic carbocycles. The van der Waals surface area contributed by atoms with Gasteiger partial charge in [0.1, 0.15) is 5.25 Å². The van der Waals surface area contributed by atoms with Crippen molar-refractivity contribution in [3.8, 4) is 0 Å². The van der Waals surface area contributed by atoms with Crippen LogP contribution in [-0.4, -0.2) is 13.0 Å². The molecule has 4 rings (SSSR count). The number of benzene rings is 4. The molecule has 0 radical (unpaired) electrons. The van der Waals surface area contributed by atoms with E-state index in [4.69, 9.17) is 0 Å². The Labute approximate surface area is 133 Å². The SMILES string of the molecule is C=CC(c1ccc2ccc3cccc4ccc1c2c34)S(=O)(=O)O. The van der Waals surface area contributed by atoms with Crippen molar-refractivity contribution in [1.29, 1.82) is 0 Å². The minimum absolute atomic E-state index is 0.549. The minimum Gasteiger partial charge on any atom is -0.285 e. The summed E-state index contributed by atoms with van der Waals surface area (Å²) in [6.07, 6.45) is 1.27. The highest BCUT2D eigenvalue weighted by Crippen LogP contribution is 2.39. The maximum absolute atomic E-state index is 11.7. The lowest BCUT2D eigenvalue weighted by Gasteiger charge is -2.16. The molecule has 0 amide bonds. The first-order valence-electron chi connectivity index (χ1n) is 7.26. The average molecular weight is 322 g/mol. The zero-order chi connectivity index (χ0) is 16.2. The summed E-state index contributed by atoms with van der Waals surface area (Å²) >= 11 is 0. The Kier molecular flexibility index (Phi) is 2.95. The van der Waals surface area contributed by atoms with Crippen molar-refractivity contribution in [3.05, 3.63) is 72.8 Å². The molecule has 0 spiro atoms. The molecule has 0 aliphatic carbocycles. The number of rotatable bonds is 3. The van der Waals surface area contributed by atoms with Crippen LogP contribution >= 0.6 is 0 Å². The summed E-state index contributed by atoms with van der Waals surface area (Å²) in [5.74, 6) is 0. The quantitative estimate of drug-likeness (QED) is 0.338. The Bertz CT molecular complexity index is 1140. The Morgan fingerprint density at radius 3 is 2.04 bits per heavy atom. The summed E-state index contributed by atoms with van der Waals surface area (Å²) in [7, 11) is -4.25. The van der Waals surface area contributed by atoms with Gasteiger partial charge in [0, 0.05) is 0 Å². The van der Waals surface area contributed by atoms with Crippen molar-refractivity contribution in [2.45, 2.75) is 5.25 Å². The van der Waals surface area contributed by atoms with Crippen LogP contribution in [0.4, 0.5) is 0 Å². The molecule has 23 heavy (non-hydrogen) atoms. The first kappa shape index (κ1) is 14.2. The summed E-state index contributed by atoms with van der Waals surface area (Å²) in [6.45, 7) is 3.57. The molecule has 0 saturated carbocycles. The Hall–Kier alpha value is -2.43. The lowest BCUT2D eigenvalue weighted by molar-refractivity contribution is 0.476. The molecule has 0 heterocycles. The third-order valence-corrected chi connectivity index (χ3v) is 5.49. The monoisotopic (exact) mass is 322 g/mol. The van der Waals surface area contributed by atoms with Crippen LogP contribution in [0.3, 0.4) is 0 Å². The van der Waals surface area contributed by atoms with E-state index < -0.39 is 15.4 Å². The van der Waals surface area contributed by atoms with Crippen LogP contribution in [0.1, 0.15) is 10.8 Å². The van der Waals surface area contributed by atoms with Crippen LogP contribution in [0.5, 0.6) is 0 Å². The zero-order valence-corrected chi connectivity index (χ0v) is 13.0. The highest BCUT2D eigenvalue weighted by molar-refractivity contribution is 7.86. The zero-order valence-electron chi connectivity index (χ0n) is 12.2. The van der Waals surface area contributed by atoms with Gasteiger partial charge < -0.3 is 0 Å². The van der Waals surface area contributed by atoms with Gasteiger partial charge in [0.15, 0.2) is 0 Å². The standard InChI is InChI=1S/C19H14O3S/c1-2-17(23(20,21)22)15-10-8-14-7-6-12-4-3-5-13-9-11-16(15)19(14)18(12)13/h2-11,17H,1H2,(H,20,21,22). The third-order valence-electron chi connectivity index (χ3n) is 4.40. The Balaban J connectivity index is 2.22. The lowest BCUT2D eigenvalue weighted by Crippen LogP contribution is -2.10. The summed E-state index contributed by atoms with van der Waals surface area (Å²) in [6, 6.07) is 17.7. The van der Waals surface area contributed by atoms with E-state index in [1.165, 1.54) is 6.08 Å². The average Bonchev–Trinajstić information content (AvgIpc) is 2.53. The van der Waals surface area contributed by atoms with Crippen LogP contribution in [0.15, 0.2) is 67.3 Å². The van der Waals surface area contributed by atoms with E-state index in [2.05, 4.69) is 12.6 Å². The molecule has 0 aromatic heterocycles. The molecule has 1 atom stereocenters. The lowest BCUT2D eigenvalue weighted by atomic mass is 9.91. The molecule has 114 valence electrons. The number of hydrogen-bond donors (Lipinski definition) is 1. The number of hydrogen-bond acceptors (Lipinski definition) is 2. The van der Waals surface area contributed by atoms with Gasteiger partial charge in [-0.2, -0.15) is 8.42 Å². The van der Waals surface area contributed by atoms with Gasteiger partial charge in [0.05, 0.1) is 0 Å². The predicted molar refractivity (Wildman–Crippen MR) is 94.6 cm³/mol. The molecule has 0 saturated heterocycles. The van der Waals surface area contributed by atoms with Gasteiger partial charge in [-0.3, -0.25) is 4.55 Å². The van der Waals surface area contributed by atoms with E-state index >= 15 is 0 Å². The summed E-state index contributed by atoms with van der Waals surface area (Å²) in [4.78, 5) is 0. The smallest absolute Gasteiger partial charge is 0.275 e. The van der Waals surface area contributed by atoms with Gasteiger partial charge in [-0.25, -0.2) is 0 Å². The molecule has 1 unspecified atom stereocenters. The molecule has 0 aliphatic heterocycles. The Morgan fingerprint density at radius 1 is 0.870 bits per heavy atom. The van der Waals surface area contributed by atoms with Gasteiger partial charge in [-0.05, 0) is 37.9 Å². The van der Waals surface area contributed by atoms with E-state index in [1.54, 1.807) is 6.07 Å². The maximum atomic E-state index is 11.7. The maximum Gasteiger partial charge on any atom is 0.275 e. The van der Waals surface area contributed by atoms with Crippen molar-refractivity contribution in [3.63, 3.8) is 0 Å². The predicted octanol–water partition coefficient (Wildman–Crippen LogP) is 4.70. The second-order valence-corrected chi connectivity index (χ2v) is 7.22. The first-order chi connectivity index (χ1) is 11.0. The van der Waals surface area contributed by atoms with Gasteiger partial charge in [0.25, 0.3) is 10.1 Å². The highest BCUT2D eigenvalue weighted by atomic mass is 32.2.